The van der Waals surface area contributed by atoms with E-state index < -0.39 is 24.5 Å². The van der Waals surface area contributed by atoms with Crippen LogP contribution in [0.2, 0.25) is 0 Å². The van der Waals surface area contributed by atoms with Crippen LogP contribution in [0.25, 0.3) is 0 Å². The SMILES string of the molecule is CC(C)CNC(=O)NC(=O)COC(=O)c1ccc2c(c1)NC(=O)CS2. The van der Waals surface area contributed by atoms with Gasteiger partial charge in [-0.05, 0) is 24.1 Å². The molecule has 1 heterocycles. The number of hydrogen-bond donors (Lipinski definition) is 3. The third-order valence-corrected chi connectivity index (χ3v) is 4.18. The Kier molecular flexibility index (Phi) is 6.40. The number of carbonyl (C=O) groups is 4. The molecule has 1 aliphatic rings. The quantitative estimate of drug-likeness (QED) is 0.679. The first-order chi connectivity index (χ1) is 11.8. The van der Waals surface area contributed by atoms with Crippen molar-refractivity contribution in [3.8, 4) is 0 Å². The Morgan fingerprint density at radius 1 is 1.32 bits per heavy atom. The molecule has 0 atom stereocenters. The Bertz CT molecular complexity index is 705. The average Bonchev–Trinajstić information content (AvgIpc) is 2.57. The summed E-state index contributed by atoms with van der Waals surface area (Å²) in [7, 11) is 0. The smallest absolute Gasteiger partial charge is 0.338 e. The number of benzene rings is 1. The summed E-state index contributed by atoms with van der Waals surface area (Å²) in [5.41, 5.74) is 0.742. The van der Waals surface area contributed by atoms with Crippen LogP contribution in [0.5, 0.6) is 0 Å². The molecule has 0 radical (unpaired) electrons. The van der Waals surface area contributed by atoms with Gasteiger partial charge in [0.2, 0.25) is 5.91 Å². The largest absolute Gasteiger partial charge is 0.452 e. The van der Waals surface area contributed by atoms with Crippen molar-refractivity contribution in [2.24, 2.45) is 5.92 Å². The van der Waals surface area contributed by atoms with Gasteiger partial charge in [0.05, 0.1) is 17.0 Å². The molecule has 0 aromatic heterocycles. The molecule has 0 unspecified atom stereocenters. The van der Waals surface area contributed by atoms with Crippen LogP contribution < -0.4 is 16.0 Å². The molecule has 0 fully saturated rings. The van der Waals surface area contributed by atoms with E-state index in [0.717, 1.165) is 4.90 Å². The molecule has 3 N–H and O–H groups in total. The third-order valence-electron chi connectivity index (χ3n) is 3.11. The summed E-state index contributed by atoms with van der Waals surface area (Å²) in [6.45, 7) is 3.69. The lowest BCUT2D eigenvalue weighted by Crippen LogP contribution is -2.42. The van der Waals surface area contributed by atoms with Gasteiger partial charge in [-0.3, -0.25) is 14.9 Å². The number of hydrogen-bond acceptors (Lipinski definition) is 6. The van der Waals surface area contributed by atoms with Gasteiger partial charge < -0.3 is 15.4 Å². The van der Waals surface area contributed by atoms with Crippen molar-refractivity contribution in [2.75, 3.05) is 24.2 Å². The molecule has 134 valence electrons. The second kappa shape index (κ2) is 8.52. The summed E-state index contributed by atoms with van der Waals surface area (Å²) in [5, 5.41) is 7.26. The normalized spacial score (nSPS) is 12.8. The first kappa shape index (κ1) is 18.8. The number of carbonyl (C=O) groups excluding carboxylic acids is 4. The van der Waals surface area contributed by atoms with Crippen LogP contribution in [0.4, 0.5) is 10.5 Å². The molecule has 4 amide bonds. The molecule has 8 nitrogen and oxygen atoms in total. The first-order valence-corrected chi connectivity index (χ1v) is 8.65. The number of rotatable bonds is 5. The van der Waals surface area contributed by atoms with Gasteiger partial charge >= 0.3 is 12.0 Å². The van der Waals surface area contributed by atoms with E-state index in [0.29, 0.717) is 18.0 Å². The maximum absolute atomic E-state index is 12.0. The van der Waals surface area contributed by atoms with Gasteiger partial charge in [-0.25, -0.2) is 9.59 Å². The fourth-order valence-corrected chi connectivity index (χ4v) is 2.72. The summed E-state index contributed by atoms with van der Waals surface area (Å²) >= 11 is 1.38. The van der Waals surface area contributed by atoms with Crippen LogP contribution in [0.1, 0.15) is 24.2 Å². The maximum atomic E-state index is 12.0. The summed E-state index contributed by atoms with van der Waals surface area (Å²) in [6, 6.07) is 4.12. The van der Waals surface area contributed by atoms with E-state index in [2.05, 4.69) is 16.0 Å². The van der Waals surface area contributed by atoms with Gasteiger partial charge in [-0.2, -0.15) is 0 Å². The fraction of sp³-hybridized carbons (Fsp3) is 0.375. The lowest BCUT2D eigenvalue weighted by Gasteiger charge is -2.16. The molecule has 0 saturated heterocycles. The zero-order valence-electron chi connectivity index (χ0n) is 13.9. The molecular formula is C16H19N3O5S. The zero-order chi connectivity index (χ0) is 18.4. The van der Waals surface area contributed by atoms with E-state index in [1.807, 2.05) is 13.8 Å². The van der Waals surface area contributed by atoms with E-state index in [-0.39, 0.29) is 17.4 Å². The molecule has 0 spiro atoms. The number of thioether (sulfide) groups is 1. The highest BCUT2D eigenvalue weighted by Gasteiger charge is 2.18. The zero-order valence-corrected chi connectivity index (χ0v) is 14.7. The van der Waals surface area contributed by atoms with E-state index in [4.69, 9.17) is 4.74 Å². The van der Waals surface area contributed by atoms with Crippen LogP contribution in [-0.4, -0.2) is 42.7 Å². The molecule has 0 bridgehead atoms. The van der Waals surface area contributed by atoms with Crippen LogP contribution >= 0.6 is 11.8 Å². The number of urea groups is 1. The number of ether oxygens (including phenoxy) is 1. The van der Waals surface area contributed by atoms with Crippen LogP contribution in [-0.2, 0) is 14.3 Å². The fourth-order valence-electron chi connectivity index (χ4n) is 1.93. The molecule has 1 aromatic rings. The van der Waals surface area contributed by atoms with Crippen molar-refractivity contribution in [2.45, 2.75) is 18.7 Å². The Balaban J connectivity index is 1.84. The van der Waals surface area contributed by atoms with Gasteiger partial charge in [0.1, 0.15) is 0 Å². The van der Waals surface area contributed by atoms with Crippen molar-refractivity contribution < 1.29 is 23.9 Å². The monoisotopic (exact) mass is 365 g/mol. The molecule has 9 heteroatoms. The second-order valence-corrected chi connectivity index (χ2v) is 6.79. The standard InChI is InChI=1S/C16H19N3O5S/c1-9(2)6-17-16(23)19-13(20)7-24-15(22)10-3-4-12-11(5-10)18-14(21)8-25-12/h3-5,9H,6-8H2,1-2H3,(H,18,21)(H2,17,19,20,23). The number of imide groups is 1. The summed E-state index contributed by atoms with van der Waals surface area (Å²) in [5.74, 6) is -1.01. The number of nitrogens with one attached hydrogen (secondary N) is 3. The minimum absolute atomic E-state index is 0.144. The molecule has 0 saturated carbocycles. The van der Waals surface area contributed by atoms with Crippen LogP contribution in [0.15, 0.2) is 23.1 Å². The van der Waals surface area contributed by atoms with Crippen molar-refractivity contribution in [1.29, 1.82) is 0 Å². The third kappa shape index (κ3) is 5.79. The van der Waals surface area contributed by atoms with Crippen molar-refractivity contribution in [3.63, 3.8) is 0 Å². The van der Waals surface area contributed by atoms with Gasteiger partial charge in [0.25, 0.3) is 5.91 Å². The maximum Gasteiger partial charge on any atom is 0.338 e. The lowest BCUT2D eigenvalue weighted by atomic mass is 10.2. The van der Waals surface area contributed by atoms with Gasteiger partial charge in [0, 0.05) is 11.4 Å². The summed E-state index contributed by atoms with van der Waals surface area (Å²) in [6.07, 6.45) is 0. The number of fused-ring (bicyclic) bond motifs is 1. The highest BCUT2D eigenvalue weighted by molar-refractivity contribution is 8.00. The van der Waals surface area contributed by atoms with Crippen molar-refractivity contribution >= 4 is 41.3 Å². The Morgan fingerprint density at radius 3 is 2.80 bits per heavy atom. The average molecular weight is 365 g/mol. The number of anilines is 1. The van der Waals surface area contributed by atoms with E-state index in [1.165, 1.54) is 17.8 Å². The molecule has 1 aliphatic heterocycles. The topological polar surface area (TPSA) is 114 Å². The molecule has 0 aliphatic carbocycles. The van der Waals surface area contributed by atoms with E-state index >= 15 is 0 Å². The van der Waals surface area contributed by atoms with Gasteiger partial charge in [0.15, 0.2) is 6.61 Å². The molecular weight excluding hydrogens is 346 g/mol. The van der Waals surface area contributed by atoms with Gasteiger partial charge in [-0.1, -0.05) is 13.8 Å². The van der Waals surface area contributed by atoms with Crippen LogP contribution in [0.3, 0.4) is 0 Å². The van der Waals surface area contributed by atoms with E-state index in [1.54, 1.807) is 12.1 Å². The molecule has 2 rings (SSSR count). The highest BCUT2D eigenvalue weighted by atomic mass is 32.2. The lowest BCUT2D eigenvalue weighted by molar-refractivity contribution is -0.123. The minimum atomic E-state index is -0.726. The molecule has 25 heavy (non-hydrogen) atoms. The Morgan fingerprint density at radius 2 is 2.08 bits per heavy atom. The predicted octanol–water partition coefficient (Wildman–Crippen LogP) is 1.37. The first-order valence-electron chi connectivity index (χ1n) is 7.66. The number of esters is 1. The summed E-state index contributed by atoms with van der Waals surface area (Å²) < 4.78 is 4.88. The van der Waals surface area contributed by atoms with Gasteiger partial charge in [-0.15, -0.1) is 11.8 Å². The second-order valence-electron chi connectivity index (χ2n) is 5.78. The number of amides is 4. The van der Waals surface area contributed by atoms with Crippen LogP contribution in [0, 0.1) is 5.92 Å². The minimum Gasteiger partial charge on any atom is -0.452 e. The Hall–Kier alpha value is -2.55. The Labute approximate surface area is 149 Å². The van der Waals surface area contributed by atoms with E-state index in [9.17, 15) is 19.2 Å². The summed E-state index contributed by atoms with van der Waals surface area (Å²) in [4.78, 5) is 47.3. The predicted molar refractivity (Wildman–Crippen MR) is 92.5 cm³/mol. The highest BCUT2D eigenvalue weighted by Crippen LogP contribution is 2.32. The molecule has 1 aromatic carbocycles. The van der Waals surface area contributed by atoms with Crippen molar-refractivity contribution in [3.05, 3.63) is 23.8 Å². The van der Waals surface area contributed by atoms with Crippen molar-refractivity contribution in [1.82, 2.24) is 10.6 Å².